The third-order valence-electron chi connectivity index (χ3n) is 4.46. The van der Waals surface area contributed by atoms with Crippen molar-refractivity contribution in [2.75, 3.05) is 32.9 Å². The second-order valence-corrected chi connectivity index (χ2v) is 6.41. The standard InChI is InChI=1S/C17H26N6O3/c1-2-18-16(20-11-17(5-7-24)6-9-25-12-17)19-10-14-21-15(23-22-14)13-4-3-8-26-13/h3-4,8,24H,2,5-7,9-12H2,1H3,(H2,18,19,20)(H,21,22,23). The van der Waals surface area contributed by atoms with Crippen molar-refractivity contribution >= 4 is 5.96 Å². The molecule has 1 saturated heterocycles. The van der Waals surface area contributed by atoms with Gasteiger partial charge in [0.1, 0.15) is 12.4 Å². The van der Waals surface area contributed by atoms with E-state index < -0.39 is 0 Å². The highest BCUT2D eigenvalue weighted by Gasteiger charge is 2.34. The molecule has 1 unspecified atom stereocenters. The van der Waals surface area contributed by atoms with Crippen molar-refractivity contribution in [3.8, 4) is 11.6 Å². The van der Waals surface area contributed by atoms with Gasteiger partial charge in [0.2, 0.25) is 5.82 Å². The van der Waals surface area contributed by atoms with Gasteiger partial charge in [-0.25, -0.2) is 9.98 Å². The van der Waals surface area contributed by atoms with Gasteiger partial charge in [0.25, 0.3) is 0 Å². The van der Waals surface area contributed by atoms with Crippen molar-refractivity contribution in [1.29, 1.82) is 0 Å². The van der Waals surface area contributed by atoms with Crippen LogP contribution in [0.3, 0.4) is 0 Å². The van der Waals surface area contributed by atoms with Gasteiger partial charge < -0.3 is 24.9 Å². The number of aromatic amines is 1. The van der Waals surface area contributed by atoms with E-state index in [0.717, 1.165) is 19.6 Å². The van der Waals surface area contributed by atoms with Crippen LogP contribution < -0.4 is 10.6 Å². The number of rotatable bonds is 8. The summed E-state index contributed by atoms with van der Waals surface area (Å²) in [5, 5.41) is 22.9. The monoisotopic (exact) mass is 362 g/mol. The van der Waals surface area contributed by atoms with Gasteiger partial charge in [-0.15, -0.1) is 5.10 Å². The van der Waals surface area contributed by atoms with Gasteiger partial charge in [-0.05, 0) is 31.9 Å². The maximum Gasteiger partial charge on any atom is 0.216 e. The third-order valence-corrected chi connectivity index (χ3v) is 4.46. The molecular weight excluding hydrogens is 336 g/mol. The molecule has 1 fully saturated rings. The number of nitrogens with zero attached hydrogens (tertiary/aromatic N) is 3. The van der Waals surface area contributed by atoms with Gasteiger partial charge in [-0.1, -0.05) is 0 Å². The molecule has 0 aromatic carbocycles. The summed E-state index contributed by atoms with van der Waals surface area (Å²) in [7, 11) is 0. The number of guanidine groups is 1. The van der Waals surface area contributed by atoms with E-state index in [1.54, 1.807) is 12.3 Å². The fourth-order valence-electron chi connectivity index (χ4n) is 2.96. The van der Waals surface area contributed by atoms with E-state index in [0.29, 0.717) is 49.5 Å². The van der Waals surface area contributed by atoms with Crippen LogP contribution >= 0.6 is 0 Å². The average molecular weight is 362 g/mol. The first kappa shape index (κ1) is 18.4. The smallest absolute Gasteiger partial charge is 0.216 e. The van der Waals surface area contributed by atoms with Crippen LogP contribution in [0, 0.1) is 5.41 Å². The molecule has 3 rings (SSSR count). The van der Waals surface area contributed by atoms with Gasteiger partial charge in [-0.2, -0.15) is 0 Å². The lowest BCUT2D eigenvalue weighted by atomic mass is 9.84. The Morgan fingerprint density at radius 2 is 2.38 bits per heavy atom. The Hall–Kier alpha value is -2.39. The van der Waals surface area contributed by atoms with Crippen LogP contribution in [0.4, 0.5) is 0 Å². The zero-order valence-corrected chi connectivity index (χ0v) is 15.0. The van der Waals surface area contributed by atoms with Crippen molar-refractivity contribution in [1.82, 2.24) is 25.8 Å². The number of hydrogen-bond acceptors (Lipinski definition) is 6. The fourth-order valence-corrected chi connectivity index (χ4v) is 2.96. The Bertz CT molecular complexity index is 691. The van der Waals surface area contributed by atoms with Crippen molar-refractivity contribution in [2.45, 2.75) is 26.3 Å². The van der Waals surface area contributed by atoms with Crippen LogP contribution in [0.2, 0.25) is 0 Å². The van der Waals surface area contributed by atoms with Gasteiger partial charge in [-0.3, -0.25) is 5.10 Å². The predicted octanol–water partition coefficient (Wildman–Crippen LogP) is 0.909. The topological polar surface area (TPSA) is 121 Å². The first-order chi connectivity index (χ1) is 12.7. The van der Waals surface area contributed by atoms with E-state index >= 15 is 0 Å². The van der Waals surface area contributed by atoms with Crippen molar-refractivity contribution in [2.24, 2.45) is 10.4 Å². The third kappa shape index (κ3) is 4.61. The minimum atomic E-state index is -0.0381. The van der Waals surface area contributed by atoms with E-state index in [9.17, 15) is 5.11 Å². The van der Waals surface area contributed by atoms with E-state index in [1.807, 2.05) is 13.0 Å². The zero-order chi connectivity index (χ0) is 18.2. The second-order valence-electron chi connectivity index (χ2n) is 6.41. The van der Waals surface area contributed by atoms with Crippen LogP contribution in [-0.4, -0.2) is 59.2 Å². The number of aliphatic hydroxyl groups excluding tert-OH is 1. The molecule has 26 heavy (non-hydrogen) atoms. The summed E-state index contributed by atoms with van der Waals surface area (Å²) < 4.78 is 10.8. The van der Waals surface area contributed by atoms with Gasteiger partial charge in [0, 0.05) is 31.7 Å². The lowest BCUT2D eigenvalue weighted by Gasteiger charge is -2.27. The first-order valence-electron chi connectivity index (χ1n) is 8.90. The SMILES string of the molecule is CCNC(=NCc1nc(-c2ccco2)n[nH]1)NCC1(CCO)CCOC1. The molecule has 4 N–H and O–H groups in total. The molecule has 0 bridgehead atoms. The minimum absolute atomic E-state index is 0.0381. The molecule has 0 radical (unpaired) electrons. The van der Waals surface area contributed by atoms with Crippen molar-refractivity contribution < 1.29 is 14.3 Å². The van der Waals surface area contributed by atoms with Crippen LogP contribution in [-0.2, 0) is 11.3 Å². The van der Waals surface area contributed by atoms with Crippen LogP contribution in [0.25, 0.3) is 11.6 Å². The number of hydrogen-bond donors (Lipinski definition) is 4. The lowest BCUT2D eigenvalue weighted by Crippen LogP contribution is -2.44. The molecule has 2 aromatic rings. The Morgan fingerprint density at radius 1 is 1.46 bits per heavy atom. The number of furan rings is 1. The highest BCUT2D eigenvalue weighted by atomic mass is 16.5. The largest absolute Gasteiger partial charge is 0.461 e. The van der Waals surface area contributed by atoms with Gasteiger partial charge >= 0.3 is 0 Å². The molecular formula is C17H26N6O3. The van der Waals surface area contributed by atoms with E-state index in [2.05, 4.69) is 30.8 Å². The number of aliphatic hydroxyl groups is 1. The minimum Gasteiger partial charge on any atom is -0.461 e. The zero-order valence-electron chi connectivity index (χ0n) is 15.0. The number of ether oxygens (including phenoxy) is 1. The highest BCUT2D eigenvalue weighted by molar-refractivity contribution is 5.79. The van der Waals surface area contributed by atoms with Crippen LogP contribution in [0.5, 0.6) is 0 Å². The van der Waals surface area contributed by atoms with Gasteiger partial charge in [0.05, 0.1) is 12.9 Å². The van der Waals surface area contributed by atoms with E-state index in [1.165, 1.54) is 0 Å². The summed E-state index contributed by atoms with van der Waals surface area (Å²) in [5.41, 5.74) is -0.0381. The molecule has 1 aliphatic heterocycles. The Balaban J connectivity index is 1.60. The summed E-state index contributed by atoms with van der Waals surface area (Å²) in [4.78, 5) is 8.95. The summed E-state index contributed by atoms with van der Waals surface area (Å²) in [6.45, 7) is 5.40. The normalized spacial score (nSPS) is 20.5. The summed E-state index contributed by atoms with van der Waals surface area (Å²) in [6.07, 6.45) is 3.24. The van der Waals surface area contributed by atoms with Crippen molar-refractivity contribution in [3.05, 3.63) is 24.2 Å². The number of aliphatic imine (C=N–C) groups is 1. The maximum atomic E-state index is 9.34. The number of H-pyrrole nitrogens is 1. The summed E-state index contributed by atoms with van der Waals surface area (Å²) >= 11 is 0. The quantitative estimate of drug-likeness (QED) is 0.407. The summed E-state index contributed by atoms with van der Waals surface area (Å²) in [6, 6.07) is 3.61. The Morgan fingerprint density at radius 3 is 3.08 bits per heavy atom. The Labute approximate surface area is 152 Å². The molecule has 9 heteroatoms. The highest BCUT2D eigenvalue weighted by Crippen LogP contribution is 2.31. The Kier molecular flexibility index (Phi) is 6.24. The maximum absolute atomic E-state index is 9.34. The molecule has 0 amide bonds. The molecule has 142 valence electrons. The second kappa shape index (κ2) is 8.81. The molecule has 1 atom stereocenters. The molecule has 1 aliphatic rings. The predicted molar refractivity (Wildman–Crippen MR) is 96.5 cm³/mol. The lowest BCUT2D eigenvalue weighted by molar-refractivity contribution is 0.127. The van der Waals surface area contributed by atoms with Crippen LogP contribution in [0.1, 0.15) is 25.6 Å². The first-order valence-corrected chi connectivity index (χ1v) is 8.90. The summed E-state index contributed by atoms with van der Waals surface area (Å²) in [5.74, 6) is 2.49. The van der Waals surface area contributed by atoms with Crippen molar-refractivity contribution in [3.63, 3.8) is 0 Å². The molecule has 3 heterocycles. The molecule has 0 spiro atoms. The molecule has 0 aliphatic carbocycles. The van der Waals surface area contributed by atoms with Gasteiger partial charge in [0.15, 0.2) is 11.7 Å². The molecule has 2 aromatic heterocycles. The van der Waals surface area contributed by atoms with E-state index in [-0.39, 0.29) is 12.0 Å². The van der Waals surface area contributed by atoms with Crippen LogP contribution in [0.15, 0.2) is 27.8 Å². The molecule has 0 saturated carbocycles. The average Bonchev–Trinajstić information content (AvgIpc) is 3.39. The molecule has 9 nitrogen and oxygen atoms in total. The van der Waals surface area contributed by atoms with E-state index in [4.69, 9.17) is 9.15 Å². The number of nitrogens with one attached hydrogen (secondary N) is 3. The number of aromatic nitrogens is 3. The fraction of sp³-hybridized carbons (Fsp3) is 0.588.